The Bertz CT molecular complexity index is 355. The molecule has 2 N–H and O–H groups in total. The summed E-state index contributed by atoms with van der Waals surface area (Å²) in [5.41, 5.74) is 6.81. The molecule has 4 heteroatoms. The zero-order valence-electron chi connectivity index (χ0n) is 10.7. The fourth-order valence-corrected chi connectivity index (χ4v) is 1.58. The van der Waals surface area contributed by atoms with E-state index in [4.69, 9.17) is 10.5 Å². The van der Waals surface area contributed by atoms with Crippen LogP contribution >= 0.6 is 0 Å². The number of halogens is 1. The monoisotopic (exact) mass is 240 g/mol. The van der Waals surface area contributed by atoms with Crippen LogP contribution in [0.4, 0.5) is 4.39 Å². The van der Waals surface area contributed by atoms with Gasteiger partial charge in [0.05, 0.1) is 6.61 Å². The number of hydrogen-bond acceptors (Lipinski definition) is 3. The van der Waals surface area contributed by atoms with Gasteiger partial charge in [0, 0.05) is 6.04 Å². The first-order chi connectivity index (χ1) is 8.04. The van der Waals surface area contributed by atoms with Crippen LogP contribution in [-0.2, 0) is 0 Å². The molecule has 1 rings (SSSR count). The predicted octanol–water partition coefficient (Wildman–Crippen LogP) is 2.18. The molecule has 0 saturated carbocycles. The summed E-state index contributed by atoms with van der Waals surface area (Å²) in [7, 11) is 3.98. The van der Waals surface area contributed by atoms with Crippen LogP contribution in [0.15, 0.2) is 18.2 Å². The lowest BCUT2D eigenvalue weighted by atomic mass is 10.0. The molecular formula is C13H21FN2O. The Morgan fingerprint density at radius 2 is 2.12 bits per heavy atom. The van der Waals surface area contributed by atoms with Gasteiger partial charge < -0.3 is 15.4 Å². The third-order valence-corrected chi connectivity index (χ3v) is 2.57. The largest absolute Gasteiger partial charge is 0.491 e. The van der Waals surface area contributed by atoms with Gasteiger partial charge >= 0.3 is 0 Å². The summed E-state index contributed by atoms with van der Waals surface area (Å²) in [6.45, 7) is 3.18. The third kappa shape index (κ3) is 4.32. The molecule has 0 aliphatic carbocycles. The van der Waals surface area contributed by atoms with Gasteiger partial charge in [0.15, 0.2) is 11.6 Å². The quantitative estimate of drug-likeness (QED) is 0.828. The van der Waals surface area contributed by atoms with Crippen molar-refractivity contribution in [2.45, 2.75) is 19.4 Å². The summed E-state index contributed by atoms with van der Waals surface area (Å²) in [5.74, 6) is -0.0549. The minimum atomic E-state index is -0.343. The molecule has 0 saturated heterocycles. The van der Waals surface area contributed by atoms with Crippen molar-refractivity contribution in [1.82, 2.24) is 4.90 Å². The lowest BCUT2D eigenvalue weighted by Gasteiger charge is -2.16. The average Bonchev–Trinajstić information content (AvgIpc) is 2.28. The summed E-state index contributed by atoms with van der Waals surface area (Å²) in [4.78, 5) is 2.06. The van der Waals surface area contributed by atoms with Crippen LogP contribution in [0.3, 0.4) is 0 Å². The van der Waals surface area contributed by atoms with Crippen LogP contribution in [0.25, 0.3) is 0 Å². The van der Waals surface area contributed by atoms with E-state index < -0.39 is 0 Å². The maximum absolute atomic E-state index is 13.6. The van der Waals surface area contributed by atoms with Gasteiger partial charge in [-0.2, -0.15) is 0 Å². The van der Waals surface area contributed by atoms with E-state index in [9.17, 15) is 4.39 Å². The first kappa shape index (κ1) is 13.9. The zero-order valence-corrected chi connectivity index (χ0v) is 10.7. The Labute approximate surface area is 102 Å². The number of nitrogens with zero attached hydrogens (tertiary/aromatic N) is 1. The van der Waals surface area contributed by atoms with E-state index >= 15 is 0 Å². The second-order valence-electron chi connectivity index (χ2n) is 4.32. The molecule has 1 aromatic rings. The first-order valence-electron chi connectivity index (χ1n) is 5.87. The van der Waals surface area contributed by atoms with Crippen LogP contribution in [0.5, 0.6) is 5.75 Å². The van der Waals surface area contributed by atoms with Gasteiger partial charge in [-0.25, -0.2) is 4.39 Å². The summed E-state index contributed by atoms with van der Waals surface area (Å²) in [6.07, 6.45) is 0.806. The van der Waals surface area contributed by atoms with Gasteiger partial charge in [-0.1, -0.05) is 6.07 Å². The minimum absolute atomic E-state index is 0.137. The molecule has 0 aliphatic heterocycles. The summed E-state index contributed by atoms with van der Waals surface area (Å²) >= 11 is 0. The van der Waals surface area contributed by atoms with Gasteiger partial charge in [-0.05, 0) is 51.7 Å². The Hall–Kier alpha value is -1.13. The van der Waals surface area contributed by atoms with Crippen molar-refractivity contribution in [3.8, 4) is 5.75 Å². The molecule has 0 fully saturated rings. The van der Waals surface area contributed by atoms with Crippen molar-refractivity contribution in [3.05, 3.63) is 29.6 Å². The summed E-state index contributed by atoms with van der Waals surface area (Å²) in [5, 5.41) is 0. The highest BCUT2D eigenvalue weighted by molar-refractivity contribution is 5.30. The molecule has 17 heavy (non-hydrogen) atoms. The Balaban J connectivity index is 2.68. The molecule has 0 spiro atoms. The van der Waals surface area contributed by atoms with Crippen molar-refractivity contribution in [3.63, 3.8) is 0 Å². The van der Waals surface area contributed by atoms with Crippen LogP contribution in [0.1, 0.15) is 24.9 Å². The van der Waals surface area contributed by atoms with E-state index in [-0.39, 0.29) is 17.6 Å². The minimum Gasteiger partial charge on any atom is -0.491 e. The van der Waals surface area contributed by atoms with Crippen molar-refractivity contribution in [2.24, 2.45) is 5.73 Å². The Morgan fingerprint density at radius 1 is 1.41 bits per heavy atom. The molecule has 0 radical (unpaired) electrons. The number of nitrogens with two attached hydrogens (primary N) is 1. The van der Waals surface area contributed by atoms with Crippen molar-refractivity contribution < 1.29 is 9.13 Å². The van der Waals surface area contributed by atoms with Gasteiger partial charge in [-0.3, -0.25) is 0 Å². The molecule has 0 aliphatic rings. The SMILES string of the molecule is CCOc1ccc(C(N)CCN(C)C)cc1F. The predicted molar refractivity (Wildman–Crippen MR) is 67.7 cm³/mol. The maximum Gasteiger partial charge on any atom is 0.165 e. The topological polar surface area (TPSA) is 38.5 Å². The van der Waals surface area contributed by atoms with E-state index in [1.807, 2.05) is 27.1 Å². The van der Waals surface area contributed by atoms with Gasteiger partial charge in [0.1, 0.15) is 0 Å². The van der Waals surface area contributed by atoms with Gasteiger partial charge in [0.25, 0.3) is 0 Å². The van der Waals surface area contributed by atoms with Crippen molar-refractivity contribution in [2.75, 3.05) is 27.2 Å². The van der Waals surface area contributed by atoms with Crippen LogP contribution in [0, 0.1) is 5.82 Å². The van der Waals surface area contributed by atoms with Crippen LogP contribution in [-0.4, -0.2) is 32.1 Å². The van der Waals surface area contributed by atoms with Crippen LogP contribution < -0.4 is 10.5 Å². The molecule has 0 aromatic heterocycles. The summed E-state index contributed by atoms with van der Waals surface area (Å²) in [6, 6.07) is 4.80. The van der Waals surface area contributed by atoms with E-state index in [0.29, 0.717) is 6.61 Å². The zero-order chi connectivity index (χ0) is 12.8. The van der Waals surface area contributed by atoms with Crippen LogP contribution in [0.2, 0.25) is 0 Å². The molecule has 1 aromatic carbocycles. The first-order valence-corrected chi connectivity index (χ1v) is 5.87. The Kier molecular flexibility index (Phi) is 5.38. The Morgan fingerprint density at radius 3 is 2.65 bits per heavy atom. The second-order valence-corrected chi connectivity index (χ2v) is 4.32. The van der Waals surface area contributed by atoms with E-state index in [1.165, 1.54) is 6.07 Å². The highest BCUT2D eigenvalue weighted by Crippen LogP contribution is 2.22. The number of hydrogen-bond donors (Lipinski definition) is 1. The van der Waals surface area contributed by atoms with E-state index in [0.717, 1.165) is 18.5 Å². The highest BCUT2D eigenvalue weighted by atomic mass is 19.1. The molecule has 0 amide bonds. The lowest BCUT2D eigenvalue weighted by molar-refractivity contribution is 0.321. The summed E-state index contributed by atoms with van der Waals surface area (Å²) < 4.78 is 18.8. The average molecular weight is 240 g/mol. The maximum atomic E-state index is 13.6. The number of benzene rings is 1. The molecule has 3 nitrogen and oxygen atoms in total. The fraction of sp³-hybridized carbons (Fsp3) is 0.538. The smallest absolute Gasteiger partial charge is 0.165 e. The molecule has 0 bridgehead atoms. The molecule has 1 unspecified atom stereocenters. The van der Waals surface area contributed by atoms with E-state index in [2.05, 4.69) is 4.90 Å². The highest BCUT2D eigenvalue weighted by Gasteiger charge is 2.10. The number of ether oxygens (including phenoxy) is 1. The lowest BCUT2D eigenvalue weighted by Crippen LogP contribution is -2.20. The normalized spacial score (nSPS) is 12.8. The van der Waals surface area contributed by atoms with Gasteiger partial charge in [-0.15, -0.1) is 0 Å². The number of rotatable bonds is 6. The second kappa shape index (κ2) is 6.57. The fourth-order valence-electron chi connectivity index (χ4n) is 1.58. The standard InChI is InChI=1S/C13H21FN2O/c1-4-17-13-6-5-10(9-11(13)14)12(15)7-8-16(2)3/h5-6,9,12H,4,7-8,15H2,1-3H3. The van der Waals surface area contributed by atoms with Crippen molar-refractivity contribution >= 4 is 0 Å². The van der Waals surface area contributed by atoms with Crippen molar-refractivity contribution in [1.29, 1.82) is 0 Å². The van der Waals surface area contributed by atoms with E-state index in [1.54, 1.807) is 6.07 Å². The third-order valence-electron chi connectivity index (χ3n) is 2.57. The molecule has 0 heterocycles. The molecule has 96 valence electrons. The van der Waals surface area contributed by atoms with Gasteiger partial charge in [0.2, 0.25) is 0 Å². The molecule has 1 atom stereocenters. The molecular weight excluding hydrogens is 219 g/mol.